The van der Waals surface area contributed by atoms with Crippen molar-refractivity contribution in [1.29, 1.82) is 0 Å². The minimum Gasteiger partial charge on any atom is -0.489 e. The first kappa shape index (κ1) is 47.7. The fourth-order valence-corrected chi connectivity index (χ4v) is 9.98. The molecule has 0 aliphatic rings. The Bertz CT molecular complexity index is 3540. The number of pyridine rings is 2. The normalized spacial score (nSPS) is 11.3. The van der Waals surface area contributed by atoms with Crippen LogP contribution in [-0.2, 0) is 52.1 Å². The molecule has 0 spiro atoms. The first-order valence-corrected chi connectivity index (χ1v) is 26.1. The van der Waals surface area contributed by atoms with Gasteiger partial charge in [-0.2, -0.15) is 0 Å². The van der Waals surface area contributed by atoms with Crippen LogP contribution in [0.1, 0.15) is 44.5 Å². The van der Waals surface area contributed by atoms with Crippen LogP contribution in [0.15, 0.2) is 243 Å². The molecule has 0 atom stereocenters. The van der Waals surface area contributed by atoms with Gasteiger partial charge in [0.2, 0.25) is 0 Å². The van der Waals surface area contributed by atoms with E-state index in [1.165, 1.54) is 54.2 Å². The first-order chi connectivity index (χ1) is 37.5. The molecule has 12 aromatic rings. The van der Waals surface area contributed by atoms with Gasteiger partial charge in [-0.1, -0.05) is 146 Å². The Kier molecular flexibility index (Phi) is 14.1. The molecular weight excluding hydrogens is 933 g/mol. The summed E-state index contributed by atoms with van der Waals surface area (Å²) in [5, 5.41) is 9.65. The molecule has 0 bridgehead atoms. The molecule has 0 radical (unpaired) electrons. The fraction of sp³-hybridized carbons (Fsp3) is 0.114. The van der Waals surface area contributed by atoms with Crippen molar-refractivity contribution in [1.82, 2.24) is 9.97 Å². The number of aromatic nitrogens is 2. The molecule has 6 heteroatoms. The number of aryl methyl sites for hydroxylation is 4. The van der Waals surface area contributed by atoms with Crippen molar-refractivity contribution in [2.24, 2.45) is 0 Å². The summed E-state index contributed by atoms with van der Waals surface area (Å²) in [6.45, 7) is 1.81. The Hall–Kier alpha value is -9.26. The molecule has 0 fully saturated rings. The van der Waals surface area contributed by atoms with E-state index >= 15 is 0 Å². The van der Waals surface area contributed by atoms with Crippen LogP contribution >= 0.6 is 0 Å². The molecule has 0 aliphatic carbocycles. The molecule has 0 amide bonds. The molecule has 6 nitrogen and oxygen atoms in total. The van der Waals surface area contributed by atoms with Gasteiger partial charge >= 0.3 is 0 Å². The average Bonchev–Trinajstić information content (AvgIpc) is 3.48. The van der Waals surface area contributed by atoms with Crippen LogP contribution in [0.25, 0.3) is 54.5 Å². The number of fused-ring (bicyclic) bond motifs is 4. The average molecular weight is 989 g/mol. The lowest BCUT2D eigenvalue weighted by Gasteiger charge is -2.14. The van der Waals surface area contributed by atoms with E-state index in [2.05, 4.69) is 218 Å². The third kappa shape index (κ3) is 11.9. The topological polar surface area (TPSA) is 62.7 Å². The number of nitrogens with zero attached hydrogens (tertiary/aromatic N) is 2. The molecule has 76 heavy (non-hydrogen) atoms. The maximum atomic E-state index is 6.50. The van der Waals surface area contributed by atoms with Crippen LogP contribution in [0.2, 0.25) is 0 Å². The fourth-order valence-electron chi connectivity index (χ4n) is 9.98. The second kappa shape index (κ2) is 22.5. The van der Waals surface area contributed by atoms with Crippen LogP contribution < -0.4 is 18.9 Å². The van der Waals surface area contributed by atoms with Crippen LogP contribution in [0.5, 0.6) is 23.0 Å². The van der Waals surface area contributed by atoms with Gasteiger partial charge < -0.3 is 18.9 Å². The van der Waals surface area contributed by atoms with E-state index < -0.39 is 0 Å². The van der Waals surface area contributed by atoms with Gasteiger partial charge in [0, 0.05) is 24.5 Å². The third-order valence-electron chi connectivity index (χ3n) is 14.1. The Morgan fingerprint density at radius 3 is 0.803 bits per heavy atom. The lowest BCUT2D eigenvalue weighted by atomic mass is 10.0. The molecule has 0 saturated heterocycles. The van der Waals surface area contributed by atoms with Gasteiger partial charge in [0.05, 0.1) is 11.4 Å². The summed E-state index contributed by atoms with van der Waals surface area (Å²) in [5.41, 5.74) is 10.8. The summed E-state index contributed by atoms with van der Waals surface area (Å²) in [7, 11) is 0. The summed E-state index contributed by atoms with van der Waals surface area (Å²) in [6, 6.07) is 80.7. The number of hydrogen-bond acceptors (Lipinski definition) is 6. The molecule has 2 aromatic heterocycles. The highest BCUT2D eigenvalue weighted by Gasteiger charge is 2.12. The lowest BCUT2D eigenvalue weighted by Crippen LogP contribution is -2.01. The van der Waals surface area contributed by atoms with Gasteiger partial charge in [-0.05, 0) is 186 Å². The summed E-state index contributed by atoms with van der Waals surface area (Å²) < 4.78 is 26.0. The molecule has 0 saturated carbocycles. The predicted octanol–water partition coefficient (Wildman–Crippen LogP) is 16.6. The van der Waals surface area contributed by atoms with Crippen molar-refractivity contribution in [2.45, 2.75) is 52.1 Å². The van der Waals surface area contributed by atoms with Gasteiger partial charge in [0.15, 0.2) is 0 Å². The van der Waals surface area contributed by atoms with Crippen LogP contribution in [0, 0.1) is 0 Å². The zero-order valence-electron chi connectivity index (χ0n) is 42.3. The predicted molar refractivity (Wildman–Crippen MR) is 308 cm³/mol. The molecule has 2 heterocycles. The molecule has 12 rings (SSSR count). The maximum Gasteiger partial charge on any atom is 0.123 e. The monoisotopic (exact) mass is 988 g/mol. The van der Waals surface area contributed by atoms with Crippen molar-refractivity contribution >= 4 is 43.1 Å². The zero-order chi connectivity index (χ0) is 50.9. The van der Waals surface area contributed by atoms with Crippen LogP contribution in [-0.4, -0.2) is 9.97 Å². The van der Waals surface area contributed by atoms with Crippen molar-refractivity contribution in [3.63, 3.8) is 0 Å². The van der Waals surface area contributed by atoms with Gasteiger partial charge in [0.25, 0.3) is 0 Å². The molecular formula is C70H56N2O4. The summed E-state index contributed by atoms with van der Waals surface area (Å²) in [6.07, 6.45) is 6.97. The minimum absolute atomic E-state index is 0.452. The minimum atomic E-state index is 0.452. The van der Waals surface area contributed by atoms with Crippen molar-refractivity contribution in [2.75, 3.05) is 0 Å². The van der Waals surface area contributed by atoms with Gasteiger partial charge in [-0.25, -0.2) is 0 Å². The summed E-state index contributed by atoms with van der Waals surface area (Å²) in [5.74, 6) is 3.11. The Balaban J connectivity index is 0.734. The molecule has 370 valence electrons. The number of ether oxygens (including phenoxy) is 4. The Morgan fingerprint density at radius 1 is 0.224 bits per heavy atom. The van der Waals surface area contributed by atoms with E-state index in [1.54, 1.807) is 0 Å². The van der Waals surface area contributed by atoms with E-state index in [0.29, 0.717) is 26.4 Å². The van der Waals surface area contributed by atoms with E-state index in [4.69, 9.17) is 28.9 Å². The third-order valence-corrected chi connectivity index (χ3v) is 14.1. The van der Waals surface area contributed by atoms with Crippen molar-refractivity contribution in [3.8, 4) is 34.4 Å². The number of hydrogen-bond donors (Lipinski definition) is 0. The largest absolute Gasteiger partial charge is 0.489 e. The molecule has 0 aliphatic heterocycles. The van der Waals surface area contributed by atoms with E-state index in [-0.39, 0.29) is 0 Å². The lowest BCUT2D eigenvalue weighted by molar-refractivity contribution is 0.289. The summed E-state index contributed by atoms with van der Waals surface area (Å²) >= 11 is 0. The molecule has 0 unspecified atom stereocenters. The highest BCUT2D eigenvalue weighted by molar-refractivity contribution is 5.85. The second-order valence-electron chi connectivity index (χ2n) is 19.6. The highest BCUT2D eigenvalue weighted by Crippen LogP contribution is 2.30. The second-order valence-corrected chi connectivity index (χ2v) is 19.6. The first-order valence-electron chi connectivity index (χ1n) is 26.1. The van der Waals surface area contributed by atoms with Gasteiger partial charge in [0.1, 0.15) is 49.4 Å². The Labute approximate surface area is 443 Å². The number of benzene rings is 10. The highest BCUT2D eigenvalue weighted by atomic mass is 16.5. The SMILES string of the molecule is c1ccc2cc(COc3cc(CCc4ccnc(-c5cc(CCc6cc(OCc7ccc8ccccc8c7)cc(OCc7ccc8ccccc8c7)c6)ccn5)c4)cc(OCc4ccc5ccccc5c4)c3)ccc2c1. The van der Waals surface area contributed by atoms with Crippen LogP contribution in [0.4, 0.5) is 0 Å². The van der Waals surface area contributed by atoms with Gasteiger partial charge in [-0.15, -0.1) is 0 Å². The maximum absolute atomic E-state index is 6.50. The Morgan fingerprint density at radius 2 is 0.500 bits per heavy atom. The summed E-state index contributed by atoms with van der Waals surface area (Å²) in [4.78, 5) is 9.62. The smallest absolute Gasteiger partial charge is 0.123 e. The molecule has 0 N–H and O–H groups in total. The standard InChI is InChI=1S/C70H56N2O4/c1-5-13-61-33-53(21-25-57(61)9-1)45-73-65-37-51(38-66(43-65)74-46-54-22-26-58-10-2-6-14-62(58)34-54)19-17-49-29-31-71-69(41-49)70-42-50(30-32-72-70)18-20-52-39-67(75-47-55-23-27-59-11-3-7-15-63(59)35-55)44-68(40-52)76-48-56-24-28-60-12-4-8-16-64(60)36-56/h1-16,21-44H,17-20,45-48H2. The van der Waals surface area contributed by atoms with Crippen molar-refractivity contribution < 1.29 is 18.9 Å². The van der Waals surface area contributed by atoms with E-state index in [9.17, 15) is 0 Å². The van der Waals surface area contributed by atoms with E-state index in [0.717, 1.165) is 93.4 Å². The van der Waals surface area contributed by atoms with Crippen molar-refractivity contribution in [3.05, 3.63) is 287 Å². The number of rotatable bonds is 19. The van der Waals surface area contributed by atoms with Crippen LogP contribution in [0.3, 0.4) is 0 Å². The zero-order valence-corrected chi connectivity index (χ0v) is 42.3. The van der Waals surface area contributed by atoms with Gasteiger partial charge in [-0.3, -0.25) is 9.97 Å². The van der Waals surface area contributed by atoms with E-state index in [1.807, 2.05) is 24.5 Å². The quantitative estimate of drug-likeness (QED) is 0.0804. The molecule has 10 aromatic carbocycles.